The molecular formula is C12H17O. The van der Waals surface area contributed by atoms with Crippen LogP contribution in [0.4, 0.5) is 0 Å². The monoisotopic (exact) mass is 177 g/mol. The van der Waals surface area contributed by atoms with Gasteiger partial charge in [-0.1, -0.05) is 19.8 Å². The van der Waals surface area contributed by atoms with Crippen LogP contribution in [0.1, 0.15) is 32.6 Å². The predicted molar refractivity (Wildman–Crippen MR) is 54.1 cm³/mol. The van der Waals surface area contributed by atoms with Crippen LogP contribution in [0.25, 0.3) is 0 Å². The van der Waals surface area contributed by atoms with Crippen molar-refractivity contribution in [3.8, 4) is 0 Å². The van der Waals surface area contributed by atoms with Gasteiger partial charge in [-0.2, -0.15) is 0 Å². The van der Waals surface area contributed by atoms with Gasteiger partial charge in [0.25, 0.3) is 0 Å². The van der Waals surface area contributed by atoms with Gasteiger partial charge >= 0.3 is 0 Å². The minimum absolute atomic E-state index is 0.812. The van der Waals surface area contributed by atoms with E-state index in [-0.39, 0.29) is 0 Å². The Morgan fingerprint density at radius 3 is 3.31 bits per heavy atom. The molecule has 1 aliphatic carbocycles. The van der Waals surface area contributed by atoms with Gasteiger partial charge in [0.1, 0.15) is 6.61 Å². The average molecular weight is 177 g/mol. The second-order valence-electron chi connectivity index (χ2n) is 3.93. The molecule has 0 saturated heterocycles. The molecule has 1 atom stereocenters. The van der Waals surface area contributed by atoms with E-state index in [2.05, 4.69) is 19.4 Å². The molecule has 0 bridgehead atoms. The summed E-state index contributed by atoms with van der Waals surface area (Å²) < 4.78 is 5.28. The highest BCUT2D eigenvalue weighted by Crippen LogP contribution is 2.33. The lowest BCUT2D eigenvalue weighted by Crippen LogP contribution is -2.14. The van der Waals surface area contributed by atoms with Crippen LogP contribution in [0.15, 0.2) is 23.5 Å². The van der Waals surface area contributed by atoms with E-state index in [4.69, 9.17) is 4.74 Å². The molecule has 0 aromatic heterocycles. The van der Waals surface area contributed by atoms with Gasteiger partial charge in [-0.05, 0) is 42.4 Å². The van der Waals surface area contributed by atoms with Crippen molar-refractivity contribution in [2.45, 2.75) is 32.6 Å². The Morgan fingerprint density at radius 1 is 1.54 bits per heavy atom. The molecule has 1 heteroatoms. The molecular weight excluding hydrogens is 160 g/mol. The molecule has 1 unspecified atom stereocenters. The normalized spacial score (nSPS) is 27.0. The number of hydrogen-bond acceptors (Lipinski definition) is 1. The summed E-state index contributed by atoms with van der Waals surface area (Å²) in [6.45, 7) is 3.08. The maximum Gasteiger partial charge on any atom is 0.109 e. The van der Waals surface area contributed by atoms with Gasteiger partial charge < -0.3 is 4.74 Å². The van der Waals surface area contributed by atoms with Crippen LogP contribution in [0.2, 0.25) is 0 Å². The van der Waals surface area contributed by atoms with Crippen molar-refractivity contribution in [3.05, 3.63) is 29.9 Å². The fourth-order valence-corrected chi connectivity index (χ4v) is 2.16. The minimum Gasteiger partial charge on any atom is -0.497 e. The molecule has 0 fully saturated rings. The fourth-order valence-electron chi connectivity index (χ4n) is 2.16. The lowest BCUT2D eigenvalue weighted by atomic mass is 9.81. The van der Waals surface area contributed by atoms with Crippen molar-refractivity contribution >= 4 is 0 Å². The van der Waals surface area contributed by atoms with Gasteiger partial charge in [0.2, 0.25) is 0 Å². The van der Waals surface area contributed by atoms with E-state index < -0.39 is 0 Å². The summed E-state index contributed by atoms with van der Waals surface area (Å²) in [6.07, 6.45) is 11.6. The first-order valence-electron chi connectivity index (χ1n) is 5.25. The standard InChI is InChI=1S/C12H17O/c1-2-3-10-4-5-12-9-13-7-6-11(12)8-10/h6-8,10H,2-5,9H2,1H3. The molecule has 0 amide bonds. The molecule has 13 heavy (non-hydrogen) atoms. The molecule has 0 N–H and O–H groups in total. The molecule has 0 aromatic carbocycles. The Bertz CT molecular complexity index is 238. The third kappa shape index (κ3) is 1.96. The van der Waals surface area contributed by atoms with Crippen LogP contribution >= 0.6 is 0 Å². The average Bonchev–Trinajstić information content (AvgIpc) is 2.18. The molecule has 1 radical (unpaired) electrons. The smallest absolute Gasteiger partial charge is 0.109 e. The fraction of sp³-hybridized carbons (Fsp3) is 0.583. The van der Waals surface area contributed by atoms with E-state index in [1.54, 1.807) is 0 Å². The van der Waals surface area contributed by atoms with Crippen LogP contribution in [0.3, 0.4) is 0 Å². The number of ether oxygens (including phenoxy) is 1. The second-order valence-corrected chi connectivity index (χ2v) is 3.93. The van der Waals surface area contributed by atoms with E-state index >= 15 is 0 Å². The first-order chi connectivity index (χ1) is 6.40. The van der Waals surface area contributed by atoms with Crippen molar-refractivity contribution in [3.63, 3.8) is 0 Å². The third-order valence-electron chi connectivity index (χ3n) is 2.90. The van der Waals surface area contributed by atoms with Crippen LogP contribution in [-0.2, 0) is 4.74 Å². The Kier molecular flexibility index (Phi) is 2.72. The van der Waals surface area contributed by atoms with Crippen molar-refractivity contribution < 1.29 is 4.74 Å². The lowest BCUT2D eigenvalue weighted by molar-refractivity contribution is 0.264. The van der Waals surface area contributed by atoms with Gasteiger partial charge in [-0.25, -0.2) is 0 Å². The van der Waals surface area contributed by atoms with E-state index in [0.717, 1.165) is 12.5 Å². The van der Waals surface area contributed by atoms with Crippen LogP contribution in [0, 0.1) is 12.3 Å². The SMILES string of the molecule is CCCC1[CH]C2=C(CC1)COC=C2. The molecule has 0 spiro atoms. The summed E-state index contributed by atoms with van der Waals surface area (Å²) in [5.41, 5.74) is 2.94. The summed E-state index contributed by atoms with van der Waals surface area (Å²) in [4.78, 5) is 0. The zero-order chi connectivity index (χ0) is 9.10. The van der Waals surface area contributed by atoms with Gasteiger partial charge in [0.05, 0.1) is 6.26 Å². The van der Waals surface area contributed by atoms with Crippen LogP contribution in [0.5, 0.6) is 0 Å². The zero-order valence-electron chi connectivity index (χ0n) is 8.25. The molecule has 1 aliphatic heterocycles. The maximum absolute atomic E-state index is 5.28. The quantitative estimate of drug-likeness (QED) is 0.629. The van der Waals surface area contributed by atoms with E-state index in [1.165, 1.54) is 36.8 Å². The Morgan fingerprint density at radius 2 is 2.46 bits per heavy atom. The number of allylic oxidation sites excluding steroid dienone is 2. The van der Waals surface area contributed by atoms with E-state index in [1.807, 2.05) is 6.26 Å². The molecule has 0 aromatic rings. The van der Waals surface area contributed by atoms with Gasteiger partial charge in [0.15, 0.2) is 0 Å². The molecule has 2 rings (SSSR count). The topological polar surface area (TPSA) is 9.23 Å². The Hall–Kier alpha value is -0.720. The molecule has 71 valence electrons. The molecule has 0 saturated carbocycles. The lowest BCUT2D eigenvalue weighted by Gasteiger charge is -2.27. The largest absolute Gasteiger partial charge is 0.497 e. The molecule has 2 aliphatic rings. The van der Waals surface area contributed by atoms with Crippen molar-refractivity contribution in [1.29, 1.82) is 0 Å². The van der Waals surface area contributed by atoms with Crippen molar-refractivity contribution in [2.24, 2.45) is 5.92 Å². The summed E-state index contributed by atoms with van der Waals surface area (Å²) in [5, 5.41) is 0. The first-order valence-corrected chi connectivity index (χ1v) is 5.25. The van der Waals surface area contributed by atoms with E-state index in [0.29, 0.717) is 0 Å². The van der Waals surface area contributed by atoms with Gasteiger partial charge in [-0.15, -0.1) is 0 Å². The first kappa shape index (κ1) is 8.86. The van der Waals surface area contributed by atoms with Crippen LogP contribution in [-0.4, -0.2) is 6.61 Å². The molecule has 1 heterocycles. The third-order valence-corrected chi connectivity index (χ3v) is 2.90. The summed E-state index contributed by atoms with van der Waals surface area (Å²) in [5.74, 6) is 0.812. The van der Waals surface area contributed by atoms with E-state index in [9.17, 15) is 0 Å². The Labute approximate surface area is 80.5 Å². The highest BCUT2D eigenvalue weighted by atomic mass is 16.5. The summed E-state index contributed by atoms with van der Waals surface area (Å²) in [6, 6.07) is 0. The predicted octanol–water partition coefficient (Wildman–Crippen LogP) is 3.24. The minimum atomic E-state index is 0.812. The van der Waals surface area contributed by atoms with Crippen molar-refractivity contribution in [1.82, 2.24) is 0 Å². The van der Waals surface area contributed by atoms with Crippen LogP contribution < -0.4 is 0 Å². The molecule has 1 nitrogen and oxygen atoms in total. The summed E-state index contributed by atoms with van der Waals surface area (Å²) in [7, 11) is 0. The van der Waals surface area contributed by atoms with Crippen molar-refractivity contribution in [2.75, 3.05) is 6.61 Å². The summed E-state index contributed by atoms with van der Waals surface area (Å²) >= 11 is 0. The van der Waals surface area contributed by atoms with Gasteiger partial charge in [0, 0.05) is 0 Å². The zero-order valence-corrected chi connectivity index (χ0v) is 8.25. The highest BCUT2D eigenvalue weighted by molar-refractivity contribution is 5.37. The van der Waals surface area contributed by atoms with Gasteiger partial charge in [-0.3, -0.25) is 0 Å². The second kappa shape index (κ2) is 3.99. The maximum atomic E-state index is 5.28. The number of hydrogen-bond donors (Lipinski definition) is 0. The number of rotatable bonds is 2. The highest BCUT2D eigenvalue weighted by Gasteiger charge is 2.20. The Balaban J connectivity index is 2.01.